The van der Waals surface area contributed by atoms with Gasteiger partial charge < -0.3 is 20.3 Å². The number of rotatable bonds is 1. The number of benzene rings is 1. The van der Waals surface area contributed by atoms with Gasteiger partial charge in [0, 0.05) is 33.8 Å². The Kier molecular flexibility index (Phi) is 4.24. The molecule has 0 saturated heterocycles. The van der Waals surface area contributed by atoms with E-state index in [1.165, 1.54) is 0 Å². The number of aromatic nitrogens is 6. The zero-order valence-electron chi connectivity index (χ0n) is 16.9. The van der Waals surface area contributed by atoms with Crippen molar-refractivity contribution in [1.29, 1.82) is 0 Å². The quantitative estimate of drug-likeness (QED) is 0.487. The summed E-state index contributed by atoms with van der Waals surface area (Å²) < 4.78 is 9.17. The molecule has 1 aromatic carbocycles. The van der Waals surface area contributed by atoms with Gasteiger partial charge in [-0.25, -0.2) is 9.67 Å². The van der Waals surface area contributed by atoms with Gasteiger partial charge in [0.15, 0.2) is 5.65 Å². The summed E-state index contributed by atoms with van der Waals surface area (Å²) >= 11 is 0. The van der Waals surface area contributed by atoms with Crippen molar-refractivity contribution < 1.29 is 9.53 Å². The Morgan fingerprint density at radius 2 is 2.10 bits per heavy atom. The molecular weight excluding hydrogens is 386 g/mol. The number of amides is 1. The molecule has 0 aliphatic carbocycles. The van der Waals surface area contributed by atoms with Crippen LogP contribution >= 0.6 is 0 Å². The van der Waals surface area contributed by atoms with E-state index in [1.807, 2.05) is 25.2 Å². The first-order valence-electron chi connectivity index (χ1n) is 9.54. The van der Waals surface area contributed by atoms with E-state index in [0.29, 0.717) is 42.6 Å². The number of anilines is 3. The van der Waals surface area contributed by atoms with Crippen LogP contribution in [0.15, 0.2) is 24.4 Å². The summed E-state index contributed by atoms with van der Waals surface area (Å²) in [5, 5.41) is 19.2. The van der Waals surface area contributed by atoms with Gasteiger partial charge in [0.05, 0.1) is 30.6 Å². The fourth-order valence-corrected chi connectivity index (χ4v) is 3.56. The Morgan fingerprint density at radius 3 is 2.93 bits per heavy atom. The van der Waals surface area contributed by atoms with Crippen LogP contribution in [0.5, 0.6) is 0 Å². The van der Waals surface area contributed by atoms with Crippen molar-refractivity contribution in [3.8, 4) is 0 Å². The smallest absolute Gasteiger partial charge is 0.259 e. The maximum absolute atomic E-state index is 13.0. The minimum atomic E-state index is -0.160. The van der Waals surface area contributed by atoms with Crippen molar-refractivity contribution in [2.24, 2.45) is 7.05 Å². The lowest BCUT2D eigenvalue weighted by Crippen LogP contribution is -2.30. The second-order valence-corrected chi connectivity index (χ2v) is 7.20. The maximum atomic E-state index is 13.0. The van der Waals surface area contributed by atoms with E-state index in [1.54, 1.807) is 34.4 Å². The Bertz CT molecular complexity index is 1280. The van der Waals surface area contributed by atoms with E-state index in [9.17, 15) is 4.79 Å². The lowest BCUT2D eigenvalue weighted by atomic mass is 10.1. The van der Waals surface area contributed by atoms with Crippen LogP contribution in [-0.2, 0) is 18.4 Å². The monoisotopic (exact) mass is 407 g/mol. The van der Waals surface area contributed by atoms with Gasteiger partial charge in [0.25, 0.3) is 5.91 Å². The highest BCUT2D eigenvalue weighted by Crippen LogP contribution is 2.28. The van der Waals surface area contributed by atoms with Gasteiger partial charge in [0.2, 0.25) is 0 Å². The molecule has 1 amide bonds. The van der Waals surface area contributed by atoms with E-state index in [0.717, 1.165) is 22.3 Å². The third-order valence-corrected chi connectivity index (χ3v) is 5.18. The molecule has 4 bridgehead atoms. The predicted molar refractivity (Wildman–Crippen MR) is 111 cm³/mol. The highest BCUT2D eigenvalue weighted by molar-refractivity contribution is 6.00. The standard InChI is InChI=1S/C19H21N9O2/c1-20-16-8-15-22-13-6-11(7-14-17(13)24-25-27(14)3)10-30-5-4-26(2)19(29)12-9-21-28(16)18(12)23-15/h6-9,20H,4-5,10H2,1-3H3,(H,22,23). The molecule has 2 N–H and O–H groups in total. The molecule has 0 radical (unpaired) electrons. The lowest BCUT2D eigenvalue weighted by molar-refractivity contribution is 0.0672. The predicted octanol–water partition coefficient (Wildman–Crippen LogP) is 1.40. The Balaban J connectivity index is 1.73. The van der Waals surface area contributed by atoms with E-state index < -0.39 is 0 Å². The zero-order valence-corrected chi connectivity index (χ0v) is 16.9. The van der Waals surface area contributed by atoms with E-state index in [-0.39, 0.29) is 5.91 Å². The molecule has 1 aliphatic rings. The highest BCUT2D eigenvalue weighted by atomic mass is 16.5. The largest absolute Gasteiger partial charge is 0.375 e. The second-order valence-electron chi connectivity index (χ2n) is 7.20. The third kappa shape index (κ3) is 2.90. The third-order valence-electron chi connectivity index (χ3n) is 5.18. The number of aryl methyl sites for hydroxylation is 1. The summed E-state index contributed by atoms with van der Waals surface area (Å²) in [5.41, 5.74) is 4.24. The molecule has 11 nitrogen and oxygen atoms in total. The van der Waals surface area contributed by atoms with Crippen LogP contribution in [-0.4, -0.2) is 67.6 Å². The molecule has 4 aromatic rings. The Morgan fingerprint density at radius 1 is 1.23 bits per heavy atom. The van der Waals surface area contributed by atoms with Gasteiger partial charge >= 0.3 is 0 Å². The maximum Gasteiger partial charge on any atom is 0.259 e. The van der Waals surface area contributed by atoms with Gasteiger partial charge in [-0.05, 0) is 17.7 Å². The van der Waals surface area contributed by atoms with Crippen LogP contribution < -0.4 is 10.6 Å². The fraction of sp³-hybridized carbons (Fsp3) is 0.316. The average Bonchev–Trinajstić information content (AvgIpc) is 3.33. The van der Waals surface area contributed by atoms with E-state index >= 15 is 0 Å². The minimum absolute atomic E-state index is 0.160. The molecule has 154 valence electrons. The Hall–Kier alpha value is -3.73. The summed E-state index contributed by atoms with van der Waals surface area (Å²) in [7, 11) is 5.39. The van der Waals surface area contributed by atoms with Crippen molar-refractivity contribution in [3.05, 3.63) is 35.5 Å². The molecule has 0 atom stereocenters. The first-order valence-corrected chi connectivity index (χ1v) is 9.54. The number of ether oxygens (including phenoxy) is 1. The van der Waals surface area contributed by atoms with Crippen molar-refractivity contribution in [1.82, 2.24) is 34.5 Å². The number of carbonyl (C=O) groups is 1. The van der Waals surface area contributed by atoms with Crippen LogP contribution in [0.3, 0.4) is 0 Å². The summed E-state index contributed by atoms with van der Waals surface area (Å²) in [6.45, 7) is 1.27. The molecule has 5 rings (SSSR count). The minimum Gasteiger partial charge on any atom is -0.375 e. The number of carbonyl (C=O) groups excluding carboxylic acids is 1. The number of hydrogen-bond donors (Lipinski definition) is 2. The van der Waals surface area contributed by atoms with Gasteiger partial charge in [-0.3, -0.25) is 4.79 Å². The summed E-state index contributed by atoms with van der Waals surface area (Å²) in [4.78, 5) is 19.2. The van der Waals surface area contributed by atoms with Crippen molar-refractivity contribution in [3.63, 3.8) is 0 Å². The van der Waals surface area contributed by atoms with Gasteiger partial charge in [-0.2, -0.15) is 9.61 Å². The molecule has 0 unspecified atom stereocenters. The van der Waals surface area contributed by atoms with Crippen molar-refractivity contribution in [2.45, 2.75) is 6.61 Å². The first-order chi connectivity index (χ1) is 14.5. The first kappa shape index (κ1) is 18.3. The van der Waals surface area contributed by atoms with Gasteiger partial charge in [-0.1, -0.05) is 5.21 Å². The van der Waals surface area contributed by atoms with Gasteiger partial charge in [0.1, 0.15) is 22.7 Å². The zero-order chi connectivity index (χ0) is 20.8. The summed E-state index contributed by atoms with van der Waals surface area (Å²) in [6, 6.07) is 5.82. The molecule has 4 heterocycles. The van der Waals surface area contributed by atoms with Crippen molar-refractivity contribution in [2.75, 3.05) is 37.9 Å². The topological polar surface area (TPSA) is 114 Å². The van der Waals surface area contributed by atoms with E-state index in [4.69, 9.17) is 4.74 Å². The number of likely N-dealkylation sites (N-methyl/N-ethyl adjacent to an activating group) is 1. The number of nitrogens with one attached hydrogen (secondary N) is 2. The summed E-state index contributed by atoms with van der Waals surface area (Å²) in [5.74, 6) is 1.10. The molecule has 11 heteroatoms. The Labute approximate surface area is 171 Å². The van der Waals surface area contributed by atoms with Crippen molar-refractivity contribution >= 4 is 39.9 Å². The van der Waals surface area contributed by atoms with Crippen LogP contribution in [0, 0.1) is 0 Å². The fourth-order valence-electron chi connectivity index (χ4n) is 3.56. The average molecular weight is 407 g/mol. The number of fused-ring (bicyclic) bond motifs is 5. The molecule has 30 heavy (non-hydrogen) atoms. The molecule has 0 saturated carbocycles. The van der Waals surface area contributed by atoms with Gasteiger partial charge in [-0.15, -0.1) is 5.10 Å². The summed E-state index contributed by atoms with van der Waals surface area (Å²) in [6.07, 6.45) is 1.54. The normalized spacial score (nSPS) is 14.9. The second kappa shape index (κ2) is 6.95. The van der Waals surface area contributed by atoms with Crippen LogP contribution in [0.2, 0.25) is 0 Å². The number of nitrogens with zero attached hydrogens (tertiary/aromatic N) is 7. The molecular formula is C19H21N9O2. The number of hydrogen-bond acceptors (Lipinski definition) is 8. The molecule has 3 aromatic heterocycles. The van der Waals surface area contributed by atoms with Crippen LogP contribution in [0.1, 0.15) is 15.9 Å². The lowest BCUT2D eigenvalue weighted by Gasteiger charge is -2.18. The SMILES string of the molecule is CNc1cc2nc3c(cnn13)C(=O)N(C)CCOCc1cc(c3nnn(C)c3c1)N2. The van der Waals surface area contributed by atoms with Crippen LogP contribution in [0.4, 0.5) is 17.3 Å². The molecule has 0 spiro atoms. The van der Waals surface area contributed by atoms with Crippen LogP contribution in [0.25, 0.3) is 16.7 Å². The molecule has 0 fully saturated rings. The molecule has 1 aliphatic heterocycles. The highest BCUT2D eigenvalue weighted by Gasteiger charge is 2.21. The van der Waals surface area contributed by atoms with E-state index in [2.05, 4.69) is 31.0 Å².